The molecule has 5 nitrogen and oxygen atoms in total. The average molecular weight is 267 g/mol. The lowest BCUT2D eigenvalue weighted by Gasteiger charge is -2.35. The molecule has 0 aromatic heterocycles. The fourth-order valence-corrected chi connectivity index (χ4v) is 2.97. The summed E-state index contributed by atoms with van der Waals surface area (Å²) in [7, 11) is 0. The van der Waals surface area contributed by atoms with Gasteiger partial charge in [-0.3, -0.25) is 9.59 Å². The van der Waals surface area contributed by atoms with E-state index in [1.54, 1.807) is 6.92 Å². The molecule has 1 atom stereocenters. The summed E-state index contributed by atoms with van der Waals surface area (Å²) in [6, 6.07) is 0. The quantitative estimate of drug-likeness (QED) is 0.776. The monoisotopic (exact) mass is 267 g/mol. The minimum absolute atomic E-state index is 0.0341. The first-order valence-electron chi connectivity index (χ1n) is 7.40. The van der Waals surface area contributed by atoms with Crippen molar-refractivity contribution in [3.8, 4) is 0 Å². The van der Waals surface area contributed by atoms with Crippen molar-refractivity contribution in [1.82, 2.24) is 15.5 Å². The Morgan fingerprint density at radius 3 is 2.58 bits per heavy atom. The second-order valence-corrected chi connectivity index (χ2v) is 5.75. The lowest BCUT2D eigenvalue weighted by Crippen LogP contribution is -2.47. The van der Waals surface area contributed by atoms with Gasteiger partial charge in [-0.25, -0.2) is 0 Å². The molecule has 0 radical (unpaired) electrons. The summed E-state index contributed by atoms with van der Waals surface area (Å²) >= 11 is 0. The number of carbonyl (C=O) groups is 2. The van der Waals surface area contributed by atoms with Crippen LogP contribution in [-0.2, 0) is 9.59 Å². The van der Waals surface area contributed by atoms with Gasteiger partial charge in [0, 0.05) is 33.1 Å². The van der Waals surface area contributed by atoms with Gasteiger partial charge >= 0.3 is 0 Å². The molecule has 2 N–H and O–H groups in total. The number of rotatable bonds is 3. The molecule has 0 aromatic carbocycles. The van der Waals surface area contributed by atoms with Crippen LogP contribution >= 0.6 is 0 Å². The van der Waals surface area contributed by atoms with E-state index in [0.717, 1.165) is 58.4 Å². The van der Waals surface area contributed by atoms with Crippen LogP contribution in [0.15, 0.2) is 0 Å². The van der Waals surface area contributed by atoms with Crippen LogP contribution in [0.25, 0.3) is 0 Å². The topological polar surface area (TPSA) is 61.4 Å². The molecule has 2 fully saturated rings. The minimum atomic E-state index is 0.0341. The molecule has 2 rings (SSSR count). The van der Waals surface area contributed by atoms with Crippen molar-refractivity contribution in [3.05, 3.63) is 0 Å². The zero-order chi connectivity index (χ0) is 13.7. The van der Waals surface area contributed by atoms with Gasteiger partial charge in [0.25, 0.3) is 0 Å². The van der Waals surface area contributed by atoms with Crippen molar-refractivity contribution in [1.29, 1.82) is 0 Å². The van der Waals surface area contributed by atoms with E-state index in [2.05, 4.69) is 10.6 Å². The Balaban J connectivity index is 1.72. The van der Waals surface area contributed by atoms with Crippen molar-refractivity contribution in [2.75, 3.05) is 32.7 Å². The summed E-state index contributed by atoms with van der Waals surface area (Å²) in [4.78, 5) is 25.2. The molecule has 0 bridgehead atoms. The first-order chi connectivity index (χ1) is 9.16. The van der Waals surface area contributed by atoms with Gasteiger partial charge in [-0.15, -0.1) is 0 Å². The molecule has 0 aromatic rings. The smallest absolute Gasteiger partial charge is 0.226 e. The van der Waals surface area contributed by atoms with E-state index >= 15 is 0 Å². The summed E-state index contributed by atoms with van der Waals surface area (Å²) in [6.07, 6.45) is 4.14. The minimum Gasteiger partial charge on any atom is -0.356 e. The summed E-state index contributed by atoms with van der Waals surface area (Å²) in [5, 5.41) is 6.17. The Morgan fingerprint density at radius 2 is 2.00 bits per heavy atom. The van der Waals surface area contributed by atoms with Crippen molar-refractivity contribution < 1.29 is 9.59 Å². The number of nitrogens with one attached hydrogen (secondary N) is 2. The Labute approximate surface area is 115 Å². The van der Waals surface area contributed by atoms with E-state index < -0.39 is 0 Å². The number of hydrogen-bond donors (Lipinski definition) is 2. The summed E-state index contributed by atoms with van der Waals surface area (Å²) in [6.45, 7) is 5.88. The van der Waals surface area contributed by atoms with E-state index in [1.165, 1.54) is 0 Å². The van der Waals surface area contributed by atoms with Crippen molar-refractivity contribution in [3.63, 3.8) is 0 Å². The van der Waals surface area contributed by atoms with Crippen LogP contribution in [0.2, 0.25) is 0 Å². The molecule has 0 aliphatic carbocycles. The van der Waals surface area contributed by atoms with Gasteiger partial charge in [0.1, 0.15) is 0 Å². The lowest BCUT2D eigenvalue weighted by molar-refractivity contribution is -0.137. The van der Waals surface area contributed by atoms with Crippen LogP contribution in [0.5, 0.6) is 0 Å². The summed E-state index contributed by atoms with van der Waals surface area (Å²) < 4.78 is 0. The van der Waals surface area contributed by atoms with E-state index in [-0.39, 0.29) is 11.8 Å². The third-order valence-corrected chi connectivity index (χ3v) is 4.21. The number of likely N-dealkylation sites (tertiary alicyclic amines) is 1. The highest BCUT2D eigenvalue weighted by Crippen LogP contribution is 2.20. The molecule has 2 saturated heterocycles. The Morgan fingerprint density at radius 1 is 1.26 bits per heavy atom. The van der Waals surface area contributed by atoms with Gasteiger partial charge in [-0.1, -0.05) is 0 Å². The number of nitrogens with zero attached hydrogens (tertiary/aromatic N) is 1. The molecule has 5 heteroatoms. The zero-order valence-corrected chi connectivity index (χ0v) is 11.8. The maximum Gasteiger partial charge on any atom is 0.226 e. The third-order valence-electron chi connectivity index (χ3n) is 4.21. The molecule has 0 spiro atoms. The van der Waals surface area contributed by atoms with Crippen LogP contribution in [0, 0.1) is 11.8 Å². The SMILES string of the molecule is CC(=O)NCC1CCN(C(=O)[C@H]2CCCNC2)CC1. The van der Waals surface area contributed by atoms with Crippen LogP contribution in [-0.4, -0.2) is 49.4 Å². The second kappa shape index (κ2) is 6.89. The predicted octanol–water partition coefficient (Wildman–Crippen LogP) is 0.361. The van der Waals surface area contributed by atoms with E-state index in [1.807, 2.05) is 4.90 Å². The lowest BCUT2D eigenvalue weighted by atomic mass is 9.93. The third kappa shape index (κ3) is 4.20. The van der Waals surface area contributed by atoms with Gasteiger partial charge in [-0.2, -0.15) is 0 Å². The van der Waals surface area contributed by atoms with E-state index in [0.29, 0.717) is 11.8 Å². The molecule has 108 valence electrons. The van der Waals surface area contributed by atoms with Gasteiger partial charge in [0.05, 0.1) is 5.92 Å². The predicted molar refractivity (Wildman–Crippen MR) is 73.6 cm³/mol. The van der Waals surface area contributed by atoms with E-state index in [4.69, 9.17) is 0 Å². The van der Waals surface area contributed by atoms with Gasteiger partial charge in [0.15, 0.2) is 0 Å². The normalized spacial score (nSPS) is 25.1. The Hall–Kier alpha value is -1.10. The van der Waals surface area contributed by atoms with Gasteiger partial charge in [-0.05, 0) is 38.1 Å². The molecule has 0 unspecified atom stereocenters. The van der Waals surface area contributed by atoms with Gasteiger partial charge in [0.2, 0.25) is 11.8 Å². The van der Waals surface area contributed by atoms with Crippen LogP contribution in [0.1, 0.15) is 32.6 Å². The fraction of sp³-hybridized carbons (Fsp3) is 0.857. The Kier molecular flexibility index (Phi) is 5.19. The van der Waals surface area contributed by atoms with Crippen LogP contribution in [0.4, 0.5) is 0 Å². The molecular weight excluding hydrogens is 242 g/mol. The second-order valence-electron chi connectivity index (χ2n) is 5.75. The molecule has 19 heavy (non-hydrogen) atoms. The average Bonchev–Trinajstić information content (AvgIpc) is 2.46. The molecule has 2 heterocycles. The highest BCUT2D eigenvalue weighted by molar-refractivity contribution is 5.79. The summed E-state index contributed by atoms with van der Waals surface area (Å²) in [5.74, 6) is 1.06. The van der Waals surface area contributed by atoms with Crippen molar-refractivity contribution in [2.24, 2.45) is 11.8 Å². The maximum absolute atomic E-state index is 12.3. The Bertz CT molecular complexity index is 319. The zero-order valence-electron chi connectivity index (χ0n) is 11.8. The number of amides is 2. The molecule has 0 saturated carbocycles. The number of hydrogen-bond acceptors (Lipinski definition) is 3. The van der Waals surface area contributed by atoms with Crippen LogP contribution < -0.4 is 10.6 Å². The number of piperidine rings is 2. The van der Waals surface area contributed by atoms with Gasteiger partial charge < -0.3 is 15.5 Å². The number of carbonyl (C=O) groups excluding carboxylic acids is 2. The first kappa shape index (κ1) is 14.3. The highest BCUT2D eigenvalue weighted by atomic mass is 16.2. The first-order valence-corrected chi connectivity index (χ1v) is 7.40. The fourth-order valence-electron chi connectivity index (χ4n) is 2.97. The largest absolute Gasteiger partial charge is 0.356 e. The van der Waals surface area contributed by atoms with Crippen molar-refractivity contribution in [2.45, 2.75) is 32.6 Å². The highest BCUT2D eigenvalue weighted by Gasteiger charge is 2.28. The van der Waals surface area contributed by atoms with E-state index in [9.17, 15) is 9.59 Å². The molecule has 2 aliphatic heterocycles. The molecule has 2 aliphatic rings. The van der Waals surface area contributed by atoms with Crippen molar-refractivity contribution >= 4 is 11.8 Å². The van der Waals surface area contributed by atoms with Crippen LogP contribution in [0.3, 0.4) is 0 Å². The molecular formula is C14H25N3O2. The maximum atomic E-state index is 12.3. The molecule has 2 amide bonds. The standard InChI is InChI=1S/C14H25N3O2/c1-11(18)16-9-12-4-7-17(8-5-12)14(19)13-3-2-6-15-10-13/h12-13,15H,2-10H2,1H3,(H,16,18)/t13-/m0/s1. The summed E-state index contributed by atoms with van der Waals surface area (Å²) in [5.41, 5.74) is 0.